The second-order valence-corrected chi connectivity index (χ2v) is 8.46. The van der Waals surface area contributed by atoms with Gasteiger partial charge in [-0.3, -0.25) is 9.88 Å². The number of hydrogen-bond acceptors (Lipinski definition) is 7. The Morgan fingerprint density at radius 2 is 2.16 bits per heavy atom. The number of aromatic nitrogens is 1. The van der Waals surface area contributed by atoms with E-state index in [1.54, 1.807) is 46.7 Å². The smallest absolute Gasteiger partial charge is 0.261 e. The molecule has 1 aliphatic rings. The van der Waals surface area contributed by atoms with E-state index in [0.717, 1.165) is 10.1 Å². The van der Waals surface area contributed by atoms with E-state index in [1.165, 1.54) is 0 Å². The summed E-state index contributed by atoms with van der Waals surface area (Å²) in [7, 11) is 0. The third kappa shape index (κ3) is 4.11. The molecule has 0 bridgehead atoms. The van der Waals surface area contributed by atoms with Crippen molar-refractivity contribution in [2.24, 2.45) is 5.16 Å². The summed E-state index contributed by atoms with van der Waals surface area (Å²) >= 11 is 1.61. The summed E-state index contributed by atoms with van der Waals surface area (Å²) in [5.74, 6) is -1.58. The Labute approximate surface area is 180 Å². The summed E-state index contributed by atoms with van der Waals surface area (Å²) in [5.41, 5.74) is 1.16. The second kappa shape index (κ2) is 7.90. The SMILES string of the molecule is O/N=c1\cc(-c2cc3sccc3cn2)oc2ccc(OCCN3CCC(F)(F)C3)cc12. The predicted molar refractivity (Wildman–Crippen MR) is 114 cm³/mol. The Balaban J connectivity index is 1.38. The van der Waals surface area contributed by atoms with Crippen LogP contribution in [0.5, 0.6) is 5.75 Å². The number of alkyl halides is 2. The Kier molecular flexibility index (Phi) is 5.07. The lowest BCUT2D eigenvalue weighted by Crippen LogP contribution is -2.29. The molecule has 0 spiro atoms. The first-order valence-electron chi connectivity index (χ1n) is 9.83. The molecule has 4 heterocycles. The number of thiophene rings is 1. The van der Waals surface area contributed by atoms with E-state index in [2.05, 4.69) is 10.1 Å². The normalized spacial score (nSPS) is 17.0. The van der Waals surface area contributed by atoms with Crippen LogP contribution in [0.4, 0.5) is 8.78 Å². The van der Waals surface area contributed by atoms with Gasteiger partial charge in [-0.1, -0.05) is 5.16 Å². The highest BCUT2D eigenvalue weighted by molar-refractivity contribution is 7.17. The van der Waals surface area contributed by atoms with E-state index < -0.39 is 5.92 Å². The van der Waals surface area contributed by atoms with E-state index >= 15 is 0 Å². The highest BCUT2D eigenvalue weighted by atomic mass is 32.1. The zero-order chi connectivity index (χ0) is 21.4. The third-order valence-corrected chi connectivity index (χ3v) is 6.22. The van der Waals surface area contributed by atoms with E-state index in [0.29, 0.717) is 46.6 Å². The van der Waals surface area contributed by atoms with Crippen LogP contribution in [0.15, 0.2) is 57.5 Å². The van der Waals surface area contributed by atoms with Crippen LogP contribution in [-0.4, -0.2) is 47.3 Å². The van der Waals surface area contributed by atoms with Gasteiger partial charge in [0, 0.05) is 41.9 Å². The van der Waals surface area contributed by atoms with Crippen molar-refractivity contribution in [1.29, 1.82) is 0 Å². The lowest BCUT2D eigenvalue weighted by Gasteiger charge is -2.16. The second-order valence-electron chi connectivity index (χ2n) is 7.51. The number of ether oxygens (including phenoxy) is 1. The van der Waals surface area contributed by atoms with Crippen molar-refractivity contribution in [2.75, 3.05) is 26.2 Å². The summed E-state index contributed by atoms with van der Waals surface area (Å²) in [6.45, 7) is 0.849. The average molecular weight is 443 g/mol. The maximum atomic E-state index is 13.3. The minimum atomic E-state index is -2.61. The highest BCUT2D eigenvalue weighted by Gasteiger charge is 2.37. The Morgan fingerprint density at radius 1 is 1.26 bits per heavy atom. The van der Waals surface area contributed by atoms with E-state index in [9.17, 15) is 14.0 Å². The highest BCUT2D eigenvalue weighted by Crippen LogP contribution is 2.28. The molecule has 0 atom stereocenters. The Hall–Kier alpha value is -3.04. The van der Waals surface area contributed by atoms with Gasteiger partial charge >= 0.3 is 0 Å². The Morgan fingerprint density at radius 3 is 2.97 bits per heavy atom. The quantitative estimate of drug-likeness (QED) is 0.357. The molecule has 1 saturated heterocycles. The maximum Gasteiger partial charge on any atom is 0.261 e. The van der Waals surface area contributed by atoms with Crippen LogP contribution >= 0.6 is 11.3 Å². The first kappa shape index (κ1) is 19.9. The Bertz CT molecular complexity index is 1320. The number of fused-ring (bicyclic) bond motifs is 2. The molecule has 0 amide bonds. The van der Waals surface area contributed by atoms with Crippen molar-refractivity contribution in [3.63, 3.8) is 0 Å². The molecule has 0 aliphatic carbocycles. The lowest BCUT2D eigenvalue weighted by atomic mass is 10.1. The minimum absolute atomic E-state index is 0.109. The topological polar surface area (TPSA) is 71.1 Å². The van der Waals surface area contributed by atoms with Crippen LogP contribution in [0.2, 0.25) is 0 Å². The van der Waals surface area contributed by atoms with Crippen LogP contribution in [-0.2, 0) is 0 Å². The van der Waals surface area contributed by atoms with Crippen LogP contribution in [0.1, 0.15) is 6.42 Å². The molecule has 3 aromatic heterocycles. The van der Waals surface area contributed by atoms with E-state index in [-0.39, 0.29) is 19.6 Å². The first-order chi connectivity index (χ1) is 15.0. The number of pyridine rings is 1. The summed E-state index contributed by atoms with van der Waals surface area (Å²) in [6.07, 6.45) is 1.67. The third-order valence-electron chi connectivity index (χ3n) is 5.34. The predicted octanol–water partition coefficient (Wildman–Crippen LogP) is 4.72. The zero-order valence-corrected chi connectivity index (χ0v) is 17.2. The molecule has 6 nitrogen and oxygen atoms in total. The van der Waals surface area contributed by atoms with Crippen molar-refractivity contribution in [2.45, 2.75) is 12.3 Å². The molecule has 5 rings (SSSR count). The van der Waals surface area contributed by atoms with Crippen LogP contribution < -0.4 is 10.1 Å². The van der Waals surface area contributed by atoms with Gasteiger partial charge in [0.25, 0.3) is 5.92 Å². The summed E-state index contributed by atoms with van der Waals surface area (Å²) in [4.78, 5) is 6.13. The van der Waals surface area contributed by atoms with Gasteiger partial charge in [0.15, 0.2) is 5.76 Å². The van der Waals surface area contributed by atoms with Gasteiger partial charge in [-0.25, -0.2) is 8.78 Å². The van der Waals surface area contributed by atoms with Crippen molar-refractivity contribution < 1.29 is 23.1 Å². The molecule has 31 heavy (non-hydrogen) atoms. The van der Waals surface area contributed by atoms with Gasteiger partial charge < -0.3 is 14.4 Å². The van der Waals surface area contributed by atoms with Gasteiger partial charge in [-0.05, 0) is 35.7 Å². The molecule has 160 valence electrons. The first-order valence-corrected chi connectivity index (χ1v) is 10.7. The molecule has 9 heteroatoms. The number of rotatable bonds is 5. The molecular weight excluding hydrogens is 424 g/mol. The van der Waals surface area contributed by atoms with Crippen molar-refractivity contribution >= 4 is 32.4 Å². The number of halogens is 2. The molecule has 1 fully saturated rings. The molecule has 0 radical (unpaired) electrons. The monoisotopic (exact) mass is 443 g/mol. The van der Waals surface area contributed by atoms with Crippen molar-refractivity contribution in [1.82, 2.24) is 9.88 Å². The van der Waals surface area contributed by atoms with Gasteiger partial charge in [-0.2, -0.15) is 0 Å². The average Bonchev–Trinajstić information content (AvgIpc) is 3.38. The van der Waals surface area contributed by atoms with Crippen LogP contribution in [0.3, 0.4) is 0 Å². The van der Waals surface area contributed by atoms with E-state index in [4.69, 9.17) is 9.15 Å². The summed E-state index contributed by atoms with van der Waals surface area (Å²) < 4.78 is 39.4. The largest absolute Gasteiger partial charge is 0.492 e. The van der Waals surface area contributed by atoms with E-state index in [1.807, 2.05) is 17.5 Å². The molecule has 1 N–H and O–H groups in total. The van der Waals surface area contributed by atoms with Gasteiger partial charge in [0.1, 0.15) is 29.0 Å². The lowest BCUT2D eigenvalue weighted by molar-refractivity contribution is 0.0113. The standard InChI is InChI=1S/C22H19F2N3O3S/c23-22(24)4-5-27(13-22)6-7-29-15-1-2-19-16(9-15)17(26-28)10-20(30-19)18-11-21-14(12-25-18)3-8-31-21/h1-3,8-12,28H,4-7,13H2/b26-17+. The molecular formula is C22H19F2N3O3S. The van der Waals surface area contributed by atoms with Gasteiger partial charge in [0.2, 0.25) is 0 Å². The zero-order valence-electron chi connectivity index (χ0n) is 16.4. The molecule has 4 aromatic rings. The number of benzene rings is 1. The van der Waals surface area contributed by atoms with Crippen LogP contribution in [0.25, 0.3) is 32.5 Å². The molecule has 1 aliphatic heterocycles. The number of likely N-dealkylation sites (tertiary alicyclic amines) is 1. The molecule has 0 unspecified atom stereocenters. The number of hydrogen-bond donors (Lipinski definition) is 1. The summed E-state index contributed by atoms with van der Waals surface area (Å²) in [5, 5.41) is 16.9. The number of nitrogens with zero attached hydrogens (tertiary/aromatic N) is 3. The molecule has 1 aromatic carbocycles. The maximum absolute atomic E-state index is 13.3. The minimum Gasteiger partial charge on any atom is -0.492 e. The fourth-order valence-corrected chi connectivity index (χ4v) is 4.53. The van der Waals surface area contributed by atoms with Crippen LogP contribution in [0, 0.1) is 0 Å². The molecule has 0 saturated carbocycles. The summed E-state index contributed by atoms with van der Waals surface area (Å²) in [6, 6.07) is 10.7. The fraction of sp³-hybridized carbons (Fsp3) is 0.273. The van der Waals surface area contributed by atoms with Crippen molar-refractivity contribution in [3.8, 4) is 17.2 Å². The van der Waals surface area contributed by atoms with Crippen molar-refractivity contribution in [3.05, 3.63) is 53.3 Å². The van der Waals surface area contributed by atoms with Gasteiger partial charge in [-0.15, -0.1) is 11.3 Å². The fourth-order valence-electron chi connectivity index (χ4n) is 3.73. The van der Waals surface area contributed by atoms with Gasteiger partial charge in [0.05, 0.1) is 11.9 Å².